The van der Waals surface area contributed by atoms with Gasteiger partial charge < -0.3 is 56.8 Å². The lowest BCUT2D eigenvalue weighted by Gasteiger charge is -2.20. The summed E-state index contributed by atoms with van der Waals surface area (Å²) in [5.74, 6) is -2.50. The Labute approximate surface area is 330 Å². The normalized spacial score (nSPS) is 15.4. The van der Waals surface area contributed by atoms with Gasteiger partial charge in [0.15, 0.2) is 25.2 Å². The molecule has 0 saturated heterocycles. The first-order valence-corrected chi connectivity index (χ1v) is 18.6. The van der Waals surface area contributed by atoms with Crippen molar-refractivity contribution in [3.05, 3.63) is 70.8 Å². The first-order valence-electron chi connectivity index (χ1n) is 18.6. The summed E-state index contributed by atoms with van der Waals surface area (Å²) in [7, 11) is 0. The van der Waals surface area contributed by atoms with Gasteiger partial charge in [-0.2, -0.15) is 0 Å². The highest BCUT2D eigenvalue weighted by Gasteiger charge is 2.21. The van der Waals surface area contributed by atoms with Gasteiger partial charge in [0.05, 0.1) is 22.3 Å². The van der Waals surface area contributed by atoms with Crippen LogP contribution in [0.25, 0.3) is 0 Å². The van der Waals surface area contributed by atoms with Crippen LogP contribution in [-0.4, -0.2) is 101 Å². The van der Waals surface area contributed by atoms with Crippen LogP contribution in [0, 0.1) is 0 Å². The monoisotopic (exact) mass is 796 g/mol. The summed E-state index contributed by atoms with van der Waals surface area (Å²) in [4.78, 5) is 49.1. The molecule has 8 atom stereocenters. The third-order valence-electron chi connectivity index (χ3n) is 6.90. The SMILES string of the molecule is CCOC(C)OC(C)OC(=O)c1cccc(C(=O)OC(C)OC(C)OCC)c1.CCOC(C)OC(C)OC(=O)c1cccc(C(=O)OC(C)OC(C)OCC)c1. The molecule has 0 aromatic heterocycles. The predicted molar refractivity (Wildman–Crippen MR) is 201 cm³/mol. The van der Waals surface area contributed by atoms with Crippen LogP contribution in [0.3, 0.4) is 0 Å². The highest BCUT2D eigenvalue weighted by molar-refractivity contribution is 5.96. The van der Waals surface area contributed by atoms with Gasteiger partial charge in [0.25, 0.3) is 0 Å². The van der Waals surface area contributed by atoms with Gasteiger partial charge >= 0.3 is 23.9 Å². The lowest BCUT2D eigenvalue weighted by atomic mass is 10.1. The Morgan fingerprint density at radius 1 is 0.375 bits per heavy atom. The molecule has 0 N–H and O–H groups in total. The topological polar surface area (TPSA) is 179 Å². The third-order valence-corrected chi connectivity index (χ3v) is 6.90. The maximum Gasteiger partial charge on any atom is 0.340 e. The summed E-state index contributed by atoms with van der Waals surface area (Å²) in [6, 6.07) is 12.1. The van der Waals surface area contributed by atoms with Gasteiger partial charge in [-0.1, -0.05) is 12.1 Å². The van der Waals surface area contributed by atoms with E-state index in [2.05, 4.69) is 0 Å². The molecular formula is C40H60O16. The van der Waals surface area contributed by atoms with E-state index < -0.39 is 74.2 Å². The van der Waals surface area contributed by atoms with Crippen molar-refractivity contribution in [2.75, 3.05) is 26.4 Å². The van der Waals surface area contributed by atoms with Crippen molar-refractivity contribution in [2.24, 2.45) is 0 Å². The van der Waals surface area contributed by atoms with Gasteiger partial charge in [0, 0.05) is 26.4 Å². The van der Waals surface area contributed by atoms with E-state index in [4.69, 9.17) is 56.8 Å². The minimum Gasteiger partial charge on any atom is -0.432 e. The molecule has 0 saturated carbocycles. The van der Waals surface area contributed by atoms with Crippen molar-refractivity contribution >= 4 is 23.9 Å². The number of benzene rings is 2. The van der Waals surface area contributed by atoms with E-state index in [1.807, 2.05) is 27.7 Å². The van der Waals surface area contributed by atoms with Crippen LogP contribution in [-0.2, 0) is 56.8 Å². The van der Waals surface area contributed by atoms with Crippen molar-refractivity contribution in [2.45, 2.75) is 133 Å². The molecule has 0 heterocycles. The second-order valence-corrected chi connectivity index (χ2v) is 11.7. The van der Waals surface area contributed by atoms with E-state index in [0.29, 0.717) is 26.4 Å². The third kappa shape index (κ3) is 20.8. The van der Waals surface area contributed by atoms with Crippen molar-refractivity contribution in [1.82, 2.24) is 0 Å². The van der Waals surface area contributed by atoms with Crippen LogP contribution >= 0.6 is 0 Å². The Hall–Kier alpha value is -4.00. The van der Waals surface area contributed by atoms with Crippen LogP contribution in [0.5, 0.6) is 0 Å². The fraction of sp³-hybridized carbons (Fsp3) is 0.600. The number of hydrogen-bond acceptors (Lipinski definition) is 16. The molecule has 2 aromatic carbocycles. The van der Waals surface area contributed by atoms with Gasteiger partial charge in [-0.15, -0.1) is 0 Å². The number of hydrogen-bond donors (Lipinski definition) is 0. The number of carbonyl (C=O) groups is 4. The Bertz CT molecular complexity index is 1240. The largest absolute Gasteiger partial charge is 0.432 e. The van der Waals surface area contributed by atoms with E-state index >= 15 is 0 Å². The van der Waals surface area contributed by atoms with E-state index in [1.165, 1.54) is 36.4 Å². The Morgan fingerprint density at radius 3 is 0.750 bits per heavy atom. The van der Waals surface area contributed by atoms with Crippen molar-refractivity contribution < 1.29 is 76.0 Å². The summed E-state index contributed by atoms with van der Waals surface area (Å²) in [5.41, 5.74) is 0.797. The second kappa shape index (κ2) is 27.6. The fourth-order valence-electron chi connectivity index (χ4n) is 4.71. The highest BCUT2D eigenvalue weighted by Crippen LogP contribution is 2.15. The molecule has 0 bridgehead atoms. The summed E-state index contributed by atoms with van der Waals surface area (Å²) in [6.07, 6.45) is -5.25. The molecule has 316 valence electrons. The molecule has 0 aliphatic carbocycles. The molecule has 8 unspecified atom stereocenters. The molecule has 0 spiro atoms. The molecule has 56 heavy (non-hydrogen) atoms. The van der Waals surface area contributed by atoms with Crippen molar-refractivity contribution in [1.29, 1.82) is 0 Å². The van der Waals surface area contributed by atoms with E-state index in [-0.39, 0.29) is 22.3 Å². The average molecular weight is 797 g/mol. The fourth-order valence-corrected chi connectivity index (χ4v) is 4.71. The molecule has 0 fully saturated rings. The number of rotatable bonds is 24. The smallest absolute Gasteiger partial charge is 0.340 e. The summed E-state index contributed by atoms with van der Waals surface area (Å²) in [5, 5.41) is 0. The zero-order valence-electron chi connectivity index (χ0n) is 34.6. The molecule has 2 aromatic rings. The average Bonchev–Trinajstić information content (AvgIpc) is 3.12. The zero-order valence-corrected chi connectivity index (χ0v) is 34.6. The van der Waals surface area contributed by atoms with Gasteiger partial charge in [0.1, 0.15) is 0 Å². The molecule has 0 amide bonds. The van der Waals surface area contributed by atoms with Gasteiger partial charge in [-0.3, -0.25) is 0 Å². The molecule has 0 aliphatic heterocycles. The quantitative estimate of drug-likeness (QED) is 0.0603. The van der Waals surface area contributed by atoms with Crippen LogP contribution in [0.1, 0.15) is 125 Å². The molecule has 0 aliphatic rings. The van der Waals surface area contributed by atoms with E-state index in [0.717, 1.165) is 0 Å². The Balaban J connectivity index is 0.000000560. The maximum atomic E-state index is 12.3. The Kier molecular flexibility index (Phi) is 24.6. The van der Waals surface area contributed by atoms with E-state index in [1.54, 1.807) is 67.5 Å². The summed E-state index contributed by atoms with van der Waals surface area (Å²) < 4.78 is 63.3. The van der Waals surface area contributed by atoms with E-state index in [9.17, 15) is 19.2 Å². The van der Waals surface area contributed by atoms with Gasteiger partial charge in [0.2, 0.25) is 25.2 Å². The van der Waals surface area contributed by atoms with Crippen molar-refractivity contribution in [3.63, 3.8) is 0 Å². The minimum absolute atomic E-state index is 0.199. The standard InChI is InChI=1S/2C20H30O8/c2*1-7-23-13(3)25-15(5)27-19(21)17-10-9-11-18(12-17)20(22)28-16(6)26-14(4)24-8-2/h2*9-16H,7-8H2,1-6H3. The number of esters is 4. The molecule has 0 radical (unpaired) electrons. The first kappa shape index (κ1) is 50.0. The zero-order chi connectivity index (χ0) is 42.2. The predicted octanol–water partition coefficient (Wildman–Crippen LogP) is 6.98. The second-order valence-electron chi connectivity index (χ2n) is 11.7. The Morgan fingerprint density at radius 2 is 0.571 bits per heavy atom. The van der Waals surface area contributed by atoms with Crippen LogP contribution in [0.4, 0.5) is 0 Å². The first-order chi connectivity index (χ1) is 26.5. The highest BCUT2D eigenvalue weighted by atomic mass is 16.8. The molecule has 2 rings (SSSR count). The lowest BCUT2D eigenvalue weighted by molar-refractivity contribution is -0.212. The van der Waals surface area contributed by atoms with Crippen LogP contribution in [0.15, 0.2) is 48.5 Å². The number of ether oxygens (including phenoxy) is 12. The molecule has 16 nitrogen and oxygen atoms in total. The summed E-state index contributed by atoms with van der Waals surface area (Å²) in [6.45, 7) is 22.5. The van der Waals surface area contributed by atoms with Gasteiger partial charge in [-0.05, 0) is 119 Å². The number of carbonyl (C=O) groups excluding carboxylic acids is 4. The van der Waals surface area contributed by atoms with Crippen LogP contribution in [0.2, 0.25) is 0 Å². The maximum absolute atomic E-state index is 12.3. The van der Waals surface area contributed by atoms with Gasteiger partial charge in [-0.25, -0.2) is 19.2 Å². The summed E-state index contributed by atoms with van der Waals surface area (Å²) >= 11 is 0. The lowest BCUT2D eigenvalue weighted by Crippen LogP contribution is -2.25. The minimum atomic E-state index is -0.807. The van der Waals surface area contributed by atoms with Crippen molar-refractivity contribution in [3.8, 4) is 0 Å². The van der Waals surface area contributed by atoms with Crippen LogP contribution < -0.4 is 0 Å². The molecular weight excluding hydrogens is 736 g/mol. The molecule has 16 heteroatoms.